The molecule has 0 aromatic rings. The molecule has 1 amide bonds. The number of nitrogens with one attached hydrogen (secondary N) is 2. The molecule has 0 unspecified atom stereocenters. The maximum absolute atomic E-state index is 12.6. The molecule has 3 nitrogen and oxygen atoms in total. The van der Waals surface area contributed by atoms with Gasteiger partial charge < -0.3 is 10.6 Å². The van der Waals surface area contributed by atoms with E-state index < -0.39 is 0 Å². The van der Waals surface area contributed by atoms with E-state index >= 15 is 0 Å². The molecule has 0 aromatic heterocycles. The highest BCUT2D eigenvalue weighted by atomic mass is 16.2. The van der Waals surface area contributed by atoms with Crippen molar-refractivity contribution in [3.63, 3.8) is 0 Å². The number of rotatable bonds is 2. The molecule has 1 heterocycles. The van der Waals surface area contributed by atoms with Gasteiger partial charge in [-0.05, 0) is 68.7 Å². The van der Waals surface area contributed by atoms with Gasteiger partial charge in [-0.1, -0.05) is 6.92 Å². The van der Waals surface area contributed by atoms with Crippen molar-refractivity contribution >= 4 is 5.91 Å². The second-order valence-corrected chi connectivity index (χ2v) is 7.93. The molecule has 4 bridgehead atoms. The third-order valence-electron chi connectivity index (χ3n) is 6.28. The number of carbonyl (C=O) groups is 1. The van der Waals surface area contributed by atoms with E-state index in [0.29, 0.717) is 11.8 Å². The molecule has 106 valence electrons. The third kappa shape index (κ3) is 2.01. The van der Waals surface area contributed by atoms with Gasteiger partial charge in [-0.25, -0.2) is 0 Å². The largest absolute Gasteiger partial charge is 0.350 e. The fraction of sp³-hybridized carbons (Fsp3) is 0.938. The van der Waals surface area contributed by atoms with Crippen LogP contribution in [0, 0.1) is 29.6 Å². The van der Waals surface area contributed by atoms with Crippen LogP contribution >= 0.6 is 0 Å². The normalized spacial score (nSPS) is 51.5. The molecule has 5 rings (SSSR count). The second-order valence-electron chi connectivity index (χ2n) is 7.93. The van der Waals surface area contributed by atoms with Gasteiger partial charge in [0.15, 0.2) is 0 Å². The van der Waals surface area contributed by atoms with E-state index in [1.807, 2.05) is 0 Å². The molecular weight excluding hydrogens is 236 g/mol. The summed E-state index contributed by atoms with van der Waals surface area (Å²) in [6, 6.07) is 0. The standard InChI is InChI=1S/C16H26N2O/c1-10-8-17-9-14(10)15(19)18-16-5-11-2-12(6-16)4-13(3-11)7-16/h10-14,17H,2-9H2,1H3,(H,18,19)/t10-,11?,12?,13?,14-,16?/m1/s1. The Morgan fingerprint density at radius 3 is 2.11 bits per heavy atom. The van der Waals surface area contributed by atoms with Crippen LogP contribution in [0.2, 0.25) is 0 Å². The van der Waals surface area contributed by atoms with Crippen LogP contribution in [0.15, 0.2) is 0 Å². The first kappa shape index (κ1) is 12.2. The van der Waals surface area contributed by atoms with Gasteiger partial charge in [-0.15, -0.1) is 0 Å². The highest BCUT2D eigenvalue weighted by Crippen LogP contribution is 2.55. The van der Waals surface area contributed by atoms with Crippen LogP contribution in [0.4, 0.5) is 0 Å². The Morgan fingerprint density at radius 2 is 1.63 bits per heavy atom. The van der Waals surface area contributed by atoms with E-state index in [-0.39, 0.29) is 11.5 Å². The minimum absolute atomic E-state index is 0.189. The van der Waals surface area contributed by atoms with Crippen LogP contribution in [0.3, 0.4) is 0 Å². The predicted octanol–water partition coefficient (Wildman–Crippen LogP) is 1.93. The van der Waals surface area contributed by atoms with Gasteiger partial charge in [0.25, 0.3) is 0 Å². The highest BCUT2D eigenvalue weighted by molar-refractivity contribution is 5.80. The Balaban J connectivity index is 1.48. The quantitative estimate of drug-likeness (QED) is 0.798. The van der Waals surface area contributed by atoms with Crippen molar-refractivity contribution in [1.82, 2.24) is 10.6 Å². The molecule has 0 aromatic carbocycles. The zero-order valence-electron chi connectivity index (χ0n) is 12.0. The molecule has 2 N–H and O–H groups in total. The van der Waals surface area contributed by atoms with E-state index in [1.165, 1.54) is 38.5 Å². The first-order chi connectivity index (χ1) is 9.13. The van der Waals surface area contributed by atoms with Gasteiger partial charge in [-0.3, -0.25) is 4.79 Å². The lowest BCUT2D eigenvalue weighted by molar-refractivity contribution is -0.131. The Kier molecular flexibility index (Phi) is 2.70. The van der Waals surface area contributed by atoms with E-state index in [0.717, 1.165) is 30.8 Å². The van der Waals surface area contributed by atoms with Crippen LogP contribution < -0.4 is 10.6 Å². The third-order valence-corrected chi connectivity index (χ3v) is 6.28. The molecule has 2 atom stereocenters. The molecule has 1 aliphatic heterocycles. The molecular formula is C16H26N2O. The van der Waals surface area contributed by atoms with Crippen molar-refractivity contribution < 1.29 is 4.79 Å². The van der Waals surface area contributed by atoms with Crippen LogP contribution in [-0.2, 0) is 4.79 Å². The Bertz CT molecular complexity index is 357. The molecule has 0 spiro atoms. The summed E-state index contributed by atoms with van der Waals surface area (Å²) >= 11 is 0. The summed E-state index contributed by atoms with van der Waals surface area (Å²) < 4.78 is 0. The number of hydrogen-bond acceptors (Lipinski definition) is 2. The van der Waals surface area contributed by atoms with E-state index in [1.54, 1.807) is 0 Å². The first-order valence-corrected chi connectivity index (χ1v) is 8.16. The predicted molar refractivity (Wildman–Crippen MR) is 74.6 cm³/mol. The molecule has 0 radical (unpaired) electrons. The van der Waals surface area contributed by atoms with E-state index in [9.17, 15) is 4.79 Å². The number of carbonyl (C=O) groups excluding carboxylic acids is 1. The van der Waals surface area contributed by atoms with Crippen molar-refractivity contribution in [2.24, 2.45) is 29.6 Å². The van der Waals surface area contributed by atoms with Gasteiger partial charge in [0.2, 0.25) is 5.91 Å². The summed E-state index contributed by atoms with van der Waals surface area (Å²) in [5.74, 6) is 3.75. The Labute approximate surface area is 115 Å². The van der Waals surface area contributed by atoms with Crippen molar-refractivity contribution in [2.75, 3.05) is 13.1 Å². The molecule has 5 aliphatic rings. The second kappa shape index (κ2) is 4.21. The lowest BCUT2D eigenvalue weighted by Gasteiger charge is -2.57. The highest BCUT2D eigenvalue weighted by Gasteiger charge is 2.52. The van der Waals surface area contributed by atoms with Crippen molar-refractivity contribution in [3.8, 4) is 0 Å². The summed E-state index contributed by atoms with van der Waals surface area (Å²) in [6.07, 6.45) is 8.11. The summed E-state index contributed by atoms with van der Waals surface area (Å²) in [5, 5.41) is 6.87. The summed E-state index contributed by atoms with van der Waals surface area (Å²) in [4.78, 5) is 12.6. The lowest BCUT2D eigenvalue weighted by atomic mass is 9.53. The van der Waals surface area contributed by atoms with Crippen LogP contribution in [0.1, 0.15) is 45.4 Å². The van der Waals surface area contributed by atoms with Gasteiger partial charge in [0, 0.05) is 12.1 Å². The Hall–Kier alpha value is -0.570. The van der Waals surface area contributed by atoms with E-state index in [4.69, 9.17) is 0 Å². The molecule has 4 aliphatic carbocycles. The molecule has 4 saturated carbocycles. The molecule has 19 heavy (non-hydrogen) atoms. The van der Waals surface area contributed by atoms with Gasteiger partial charge >= 0.3 is 0 Å². The number of amides is 1. The minimum atomic E-state index is 0.189. The summed E-state index contributed by atoms with van der Waals surface area (Å²) in [7, 11) is 0. The monoisotopic (exact) mass is 262 g/mol. The SMILES string of the molecule is C[C@@H]1CNC[C@H]1C(=O)NC12CC3CC(CC(C3)C1)C2. The average Bonchev–Trinajstić information content (AvgIpc) is 2.72. The summed E-state index contributed by atoms with van der Waals surface area (Å²) in [6.45, 7) is 4.07. The van der Waals surface area contributed by atoms with Crippen molar-refractivity contribution in [2.45, 2.75) is 51.0 Å². The van der Waals surface area contributed by atoms with Crippen LogP contribution in [-0.4, -0.2) is 24.5 Å². The van der Waals surface area contributed by atoms with E-state index in [2.05, 4.69) is 17.6 Å². The zero-order chi connectivity index (χ0) is 13.0. The number of hydrogen-bond donors (Lipinski definition) is 2. The van der Waals surface area contributed by atoms with Crippen molar-refractivity contribution in [1.29, 1.82) is 0 Å². The molecule has 5 fully saturated rings. The zero-order valence-corrected chi connectivity index (χ0v) is 12.0. The van der Waals surface area contributed by atoms with Crippen LogP contribution in [0.25, 0.3) is 0 Å². The molecule has 3 heteroatoms. The van der Waals surface area contributed by atoms with Crippen LogP contribution in [0.5, 0.6) is 0 Å². The van der Waals surface area contributed by atoms with Gasteiger partial charge in [-0.2, -0.15) is 0 Å². The Morgan fingerprint density at radius 1 is 1.05 bits per heavy atom. The average molecular weight is 262 g/mol. The first-order valence-electron chi connectivity index (χ1n) is 8.16. The maximum atomic E-state index is 12.6. The molecule has 1 saturated heterocycles. The van der Waals surface area contributed by atoms with Crippen molar-refractivity contribution in [3.05, 3.63) is 0 Å². The minimum Gasteiger partial charge on any atom is -0.350 e. The smallest absolute Gasteiger partial charge is 0.225 e. The maximum Gasteiger partial charge on any atom is 0.225 e. The fourth-order valence-electron chi connectivity index (χ4n) is 5.78. The topological polar surface area (TPSA) is 41.1 Å². The fourth-order valence-corrected chi connectivity index (χ4v) is 5.78. The lowest BCUT2D eigenvalue weighted by Crippen LogP contribution is -2.61. The van der Waals surface area contributed by atoms with Gasteiger partial charge in [0.1, 0.15) is 0 Å². The summed E-state index contributed by atoms with van der Waals surface area (Å²) in [5.41, 5.74) is 0.189. The van der Waals surface area contributed by atoms with Gasteiger partial charge in [0.05, 0.1) is 5.92 Å².